The van der Waals surface area contributed by atoms with Crippen LogP contribution in [0.5, 0.6) is 0 Å². The van der Waals surface area contributed by atoms with E-state index < -0.39 is 13.9 Å². The summed E-state index contributed by atoms with van der Waals surface area (Å²) in [6, 6.07) is 0. The molecule has 2 atom stereocenters. The Bertz CT molecular complexity index is 1160. The minimum Gasteiger partial charge on any atom is -0.756 e. The van der Waals surface area contributed by atoms with Gasteiger partial charge in [0.25, 0.3) is 7.82 Å². The van der Waals surface area contributed by atoms with Crippen molar-refractivity contribution in [1.82, 2.24) is 0 Å². The van der Waals surface area contributed by atoms with Gasteiger partial charge in [0, 0.05) is 13.0 Å². The minimum absolute atomic E-state index is 0.0221. The van der Waals surface area contributed by atoms with Crippen LogP contribution in [0.15, 0.2) is 60.8 Å². The summed E-state index contributed by atoms with van der Waals surface area (Å²) in [6.07, 6.45) is 56.6. The van der Waals surface area contributed by atoms with Crippen LogP contribution in [0.25, 0.3) is 0 Å². The number of phosphoric ester groups is 1. The normalized spacial score (nSPS) is 14.1. The van der Waals surface area contributed by atoms with Gasteiger partial charge in [-0.2, -0.15) is 0 Å². The topological polar surface area (TPSA) is 94.1 Å². The van der Waals surface area contributed by atoms with Crippen LogP contribution in [0.4, 0.5) is 0 Å². The lowest BCUT2D eigenvalue weighted by atomic mass is 10.1. The summed E-state index contributed by atoms with van der Waals surface area (Å²) in [6.45, 7) is 5.29. The van der Waals surface area contributed by atoms with Crippen molar-refractivity contribution in [2.24, 2.45) is 0 Å². The number of hydrogen-bond acceptors (Lipinski definition) is 7. The molecule has 0 aromatic rings. The van der Waals surface area contributed by atoms with Crippen LogP contribution in [-0.4, -0.2) is 70.7 Å². The van der Waals surface area contributed by atoms with Crippen LogP contribution in [0.3, 0.4) is 0 Å². The second-order valence-electron chi connectivity index (χ2n) is 17.8. The summed E-state index contributed by atoms with van der Waals surface area (Å²) >= 11 is 0. The van der Waals surface area contributed by atoms with Crippen molar-refractivity contribution in [2.45, 2.75) is 213 Å². The summed E-state index contributed by atoms with van der Waals surface area (Å²) in [5.41, 5.74) is 0. The molecule has 0 aliphatic carbocycles. The number of likely N-dealkylation sites (N-methyl/N-ethyl adjacent to an activating group) is 1. The highest BCUT2D eigenvalue weighted by Gasteiger charge is 2.20. The predicted molar refractivity (Wildman–Crippen MR) is 259 cm³/mol. The van der Waals surface area contributed by atoms with Crippen molar-refractivity contribution in [3.8, 4) is 0 Å². The van der Waals surface area contributed by atoms with Gasteiger partial charge in [0.1, 0.15) is 19.3 Å². The summed E-state index contributed by atoms with van der Waals surface area (Å²) in [5, 5.41) is 0. The first-order valence-corrected chi connectivity index (χ1v) is 26.5. The molecule has 9 heteroatoms. The zero-order chi connectivity index (χ0) is 44.8. The van der Waals surface area contributed by atoms with Crippen LogP contribution in [-0.2, 0) is 27.9 Å². The fourth-order valence-electron chi connectivity index (χ4n) is 6.71. The third-order valence-electron chi connectivity index (χ3n) is 10.6. The Morgan fingerprint density at radius 1 is 0.525 bits per heavy atom. The van der Waals surface area contributed by atoms with Crippen molar-refractivity contribution in [3.05, 3.63) is 60.8 Å². The number of quaternary nitrogens is 1. The third-order valence-corrected chi connectivity index (χ3v) is 11.5. The molecule has 0 amide bonds. The summed E-state index contributed by atoms with van der Waals surface area (Å²) < 4.78 is 34.7. The van der Waals surface area contributed by atoms with E-state index in [1.165, 1.54) is 128 Å². The Hall–Kier alpha value is -1.80. The first kappa shape index (κ1) is 59.2. The smallest absolute Gasteiger partial charge is 0.306 e. The molecular formula is C52H96NO7P. The number of phosphoric acid groups is 1. The van der Waals surface area contributed by atoms with Gasteiger partial charge in [-0.3, -0.25) is 9.36 Å². The van der Waals surface area contributed by atoms with Gasteiger partial charge in [0.05, 0.1) is 34.4 Å². The molecule has 0 aromatic carbocycles. The molecule has 0 aliphatic rings. The molecule has 0 aliphatic heterocycles. The van der Waals surface area contributed by atoms with E-state index in [2.05, 4.69) is 74.6 Å². The number of esters is 1. The van der Waals surface area contributed by atoms with Gasteiger partial charge >= 0.3 is 5.97 Å². The molecule has 0 aromatic heterocycles. The van der Waals surface area contributed by atoms with Gasteiger partial charge in [-0.1, -0.05) is 184 Å². The van der Waals surface area contributed by atoms with Gasteiger partial charge in [0.15, 0.2) is 0 Å². The van der Waals surface area contributed by atoms with Gasteiger partial charge in [0.2, 0.25) is 0 Å². The highest BCUT2D eigenvalue weighted by molar-refractivity contribution is 7.45. The molecule has 356 valence electrons. The SMILES string of the molecule is CC/C=C\C/C=C\C/C=C\C/C=C\CCCCCCCCCCCOCC(COP(=O)([O-])OCC[N+](C)(C)C)OC(=O)CCCCCCCCC/C=C\CCCCCCCC. The average Bonchev–Trinajstić information content (AvgIpc) is 3.22. The Morgan fingerprint density at radius 3 is 1.44 bits per heavy atom. The molecule has 0 saturated heterocycles. The molecule has 61 heavy (non-hydrogen) atoms. The number of allylic oxidation sites excluding steroid dienone is 10. The van der Waals surface area contributed by atoms with Gasteiger partial charge in [-0.15, -0.1) is 0 Å². The number of carbonyl (C=O) groups is 1. The van der Waals surface area contributed by atoms with Crippen molar-refractivity contribution >= 4 is 13.8 Å². The lowest BCUT2D eigenvalue weighted by Crippen LogP contribution is -2.37. The van der Waals surface area contributed by atoms with Gasteiger partial charge in [-0.05, 0) is 77.0 Å². The minimum atomic E-state index is -4.53. The largest absolute Gasteiger partial charge is 0.756 e. The molecule has 0 bridgehead atoms. The zero-order valence-electron chi connectivity index (χ0n) is 40.4. The molecule has 0 radical (unpaired) electrons. The van der Waals surface area contributed by atoms with Crippen LogP contribution < -0.4 is 4.89 Å². The predicted octanol–water partition coefficient (Wildman–Crippen LogP) is 14.6. The molecule has 0 saturated carbocycles. The molecular weight excluding hydrogens is 782 g/mol. The molecule has 0 fully saturated rings. The summed E-state index contributed by atoms with van der Waals surface area (Å²) in [7, 11) is 1.35. The lowest BCUT2D eigenvalue weighted by molar-refractivity contribution is -0.870. The highest BCUT2D eigenvalue weighted by atomic mass is 31.2. The fourth-order valence-corrected chi connectivity index (χ4v) is 7.44. The number of ether oxygens (including phenoxy) is 2. The molecule has 0 N–H and O–H groups in total. The Labute approximate surface area is 377 Å². The van der Waals surface area contributed by atoms with Crippen LogP contribution in [0, 0.1) is 0 Å². The van der Waals surface area contributed by atoms with Crippen LogP contribution in [0.1, 0.15) is 206 Å². The first-order chi connectivity index (χ1) is 29.6. The summed E-state index contributed by atoms with van der Waals surface area (Å²) in [5.74, 6) is -0.341. The van der Waals surface area contributed by atoms with E-state index in [1.807, 2.05) is 21.1 Å². The van der Waals surface area contributed by atoms with E-state index in [0.717, 1.165) is 57.8 Å². The summed E-state index contributed by atoms with van der Waals surface area (Å²) in [4.78, 5) is 25.1. The lowest BCUT2D eigenvalue weighted by Gasteiger charge is -2.28. The van der Waals surface area contributed by atoms with E-state index in [4.69, 9.17) is 18.5 Å². The number of hydrogen-bond donors (Lipinski definition) is 0. The average molecular weight is 878 g/mol. The molecule has 8 nitrogen and oxygen atoms in total. The molecule has 0 rings (SSSR count). The maximum atomic E-state index is 12.7. The first-order valence-electron chi connectivity index (χ1n) is 25.0. The number of unbranched alkanes of at least 4 members (excludes halogenated alkanes) is 22. The van der Waals surface area contributed by atoms with Gasteiger partial charge in [-0.25, -0.2) is 0 Å². The zero-order valence-corrected chi connectivity index (χ0v) is 41.2. The third kappa shape index (κ3) is 49.1. The highest BCUT2D eigenvalue weighted by Crippen LogP contribution is 2.38. The quantitative estimate of drug-likeness (QED) is 0.0198. The monoisotopic (exact) mass is 878 g/mol. The van der Waals surface area contributed by atoms with E-state index >= 15 is 0 Å². The second-order valence-corrected chi connectivity index (χ2v) is 19.2. The second kappa shape index (κ2) is 44.8. The van der Waals surface area contributed by atoms with Crippen molar-refractivity contribution in [3.63, 3.8) is 0 Å². The maximum absolute atomic E-state index is 12.7. The van der Waals surface area contributed by atoms with Crippen molar-refractivity contribution in [1.29, 1.82) is 0 Å². The van der Waals surface area contributed by atoms with Crippen LogP contribution in [0.2, 0.25) is 0 Å². The number of rotatable bonds is 46. The van der Waals surface area contributed by atoms with E-state index in [0.29, 0.717) is 24.1 Å². The molecule has 0 heterocycles. The number of nitrogens with zero attached hydrogens (tertiary/aromatic N) is 1. The van der Waals surface area contributed by atoms with Crippen LogP contribution >= 0.6 is 7.82 Å². The molecule has 2 unspecified atom stereocenters. The standard InChI is InChI=1S/C52H96NO7P/c1-6-8-10-12-14-16-18-20-22-24-25-26-27-28-30-32-34-36-38-40-42-44-47-57-49-51(50-59-61(55,56)58-48-46-53(3,4)5)60-52(54)45-43-41-39-37-35-33-31-29-23-21-19-17-15-13-11-9-7-2/h8,10,14,16,20-23,25-26,51H,6-7,9,11-13,15,17-19,24,27-50H2,1-5H3/b10-8-,16-14-,22-20-,23-21-,26-25-. The van der Waals surface area contributed by atoms with Crippen molar-refractivity contribution < 1.29 is 37.3 Å². The Balaban J connectivity index is 4.17. The van der Waals surface area contributed by atoms with E-state index in [9.17, 15) is 14.3 Å². The van der Waals surface area contributed by atoms with Crippen molar-refractivity contribution in [2.75, 3.05) is 54.1 Å². The fraction of sp³-hybridized carbons (Fsp3) is 0.788. The van der Waals surface area contributed by atoms with Gasteiger partial charge < -0.3 is 27.9 Å². The number of carbonyl (C=O) groups excluding carboxylic acids is 1. The van der Waals surface area contributed by atoms with E-state index in [1.54, 1.807) is 0 Å². The Morgan fingerprint density at radius 2 is 0.951 bits per heavy atom. The maximum Gasteiger partial charge on any atom is 0.306 e. The molecule has 0 spiro atoms. The van der Waals surface area contributed by atoms with E-state index in [-0.39, 0.29) is 25.8 Å². The Kier molecular flexibility index (Phi) is 43.5.